The predicted molar refractivity (Wildman–Crippen MR) is 62.2 cm³/mol. The first-order chi connectivity index (χ1) is 7.35. The minimum absolute atomic E-state index is 0.0324. The lowest BCUT2D eigenvalue weighted by atomic mass is 9.91. The summed E-state index contributed by atoms with van der Waals surface area (Å²) in [6.45, 7) is 6.79. The summed E-state index contributed by atoms with van der Waals surface area (Å²) < 4.78 is 0. The van der Waals surface area contributed by atoms with Crippen molar-refractivity contribution in [3.05, 3.63) is 0 Å². The number of hydrogen-bond acceptors (Lipinski definition) is 3. The molecule has 0 aromatic rings. The van der Waals surface area contributed by atoms with Crippen LogP contribution in [0, 0.1) is 5.41 Å². The van der Waals surface area contributed by atoms with Gasteiger partial charge in [0.2, 0.25) is 5.91 Å². The second-order valence-corrected chi connectivity index (χ2v) is 5.51. The summed E-state index contributed by atoms with van der Waals surface area (Å²) in [6, 6.07) is -0.222. The van der Waals surface area contributed by atoms with Crippen molar-refractivity contribution >= 4 is 11.7 Å². The lowest BCUT2D eigenvalue weighted by Crippen LogP contribution is -2.44. The largest absolute Gasteiger partial charge is 0.409 e. The average Bonchev–Trinajstić information content (AvgIpc) is 2.62. The van der Waals surface area contributed by atoms with E-state index in [1.165, 1.54) is 0 Å². The van der Waals surface area contributed by atoms with Gasteiger partial charge in [-0.15, -0.1) is 0 Å². The summed E-state index contributed by atoms with van der Waals surface area (Å²) >= 11 is 0. The molecule has 0 aliphatic carbocycles. The standard InChI is InChI=1S/C11H21N3O2/c1-11(2,3)7-9(15)14-6-4-5-8(14)10(12)13-16/h8,16H,4-7H2,1-3H3,(H2,12,13). The minimum atomic E-state index is -0.222. The van der Waals surface area contributed by atoms with Crippen molar-refractivity contribution in [3.63, 3.8) is 0 Å². The number of nitrogens with two attached hydrogens (primary N) is 1. The second kappa shape index (κ2) is 4.72. The van der Waals surface area contributed by atoms with Gasteiger partial charge in [0.1, 0.15) is 0 Å². The van der Waals surface area contributed by atoms with Gasteiger partial charge in [-0.25, -0.2) is 0 Å². The molecule has 0 bridgehead atoms. The van der Waals surface area contributed by atoms with E-state index in [9.17, 15) is 4.79 Å². The molecule has 3 N–H and O–H groups in total. The number of carbonyl (C=O) groups is 1. The third-order valence-corrected chi connectivity index (χ3v) is 2.71. The molecule has 0 aromatic heterocycles. The number of likely N-dealkylation sites (tertiary alicyclic amines) is 1. The quantitative estimate of drug-likeness (QED) is 0.321. The maximum Gasteiger partial charge on any atom is 0.223 e. The summed E-state index contributed by atoms with van der Waals surface area (Å²) in [5, 5.41) is 11.7. The fourth-order valence-corrected chi connectivity index (χ4v) is 1.99. The number of hydrogen-bond donors (Lipinski definition) is 2. The third kappa shape index (κ3) is 3.12. The zero-order valence-corrected chi connectivity index (χ0v) is 10.2. The van der Waals surface area contributed by atoms with E-state index in [1.54, 1.807) is 4.90 Å². The van der Waals surface area contributed by atoms with Gasteiger partial charge in [-0.05, 0) is 18.3 Å². The van der Waals surface area contributed by atoms with Gasteiger partial charge in [0.05, 0.1) is 6.04 Å². The van der Waals surface area contributed by atoms with Gasteiger partial charge in [0.25, 0.3) is 0 Å². The summed E-state index contributed by atoms with van der Waals surface area (Å²) in [4.78, 5) is 13.7. The van der Waals surface area contributed by atoms with Crippen LogP contribution in [-0.4, -0.2) is 34.4 Å². The van der Waals surface area contributed by atoms with E-state index < -0.39 is 0 Å². The molecule has 1 aliphatic heterocycles. The molecule has 0 saturated carbocycles. The predicted octanol–water partition coefficient (Wildman–Crippen LogP) is 1.16. The molecular weight excluding hydrogens is 206 g/mol. The van der Waals surface area contributed by atoms with E-state index in [0.29, 0.717) is 13.0 Å². The van der Waals surface area contributed by atoms with Gasteiger partial charge in [0, 0.05) is 13.0 Å². The van der Waals surface area contributed by atoms with E-state index in [0.717, 1.165) is 12.8 Å². The Morgan fingerprint density at radius 3 is 2.69 bits per heavy atom. The Hall–Kier alpha value is -1.26. The van der Waals surface area contributed by atoms with E-state index in [-0.39, 0.29) is 23.2 Å². The van der Waals surface area contributed by atoms with Crippen molar-refractivity contribution in [2.45, 2.75) is 46.1 Å². The highest BCUT2D eigenvalue weighted by molar-refractivity contribution is 5.90. The highest BCUT2D eigenvalue weighted by Crippen LogP contribution is 2.24. The molecule has 1 unspecified atom stereocenters. The van der Waals surface area contributed by atoms with E-state index in [4.69, 9.17) is 10.9 Å². The summed E-state index contributed by atoms with van der Waals surface area (Å²) in [5.74, 6) is 0.223. The highest BCUT2D eigenvalue weighted by atomic mass is 16.4. The van der Waals surface area contributed by atoms with E-state index in [2.05, 4.69) is 5.16 Å². The van der Waals surface area contributed by atoms with Crippen LogP contribution in [0.25, 0.3) is 0 Å². The Morgan fingerprint density at radius 2 is 2.19 bits per heavy atom. The number of oxime groups is 1. The lowest BCUT2D eigenvalue weighted by molar-refractivity contribution is -0.132. The topological polar surface area (TPSA) is 78.9 Å². The molecule has 1 amide bonds. The molecular formula is C11H21N3O2. The maximum absolute atomic E-state index is 12.0. The maximum atomic E-state index is 12.0. The van der Waals surface area contributed by atoms with E-state index in [1.807, 2.05) is 20.8 Å². The fraction of sp³-hybridized carbons (Fsp3) is 0.818. The molecule has 1 fully saturated rings. The molecule has 1 atom stereocenters. The molecule has 1 saturated heterocycles. The zero-order chi connectivity index (χ0) is 12.3. The Bertz CT molecular complexity index is 294. The first-order valence-electron chi connectivity index (χ1n) is 5.62. The van der Waals surface area contributed by atoms with Crippen LogP contribution < -0.4 is 5.73 Å². The molecule has 1 aliphatic rings. The third-order valence-electron chi connectivity index (χ3n) is 2.71. The lowest BCUT2D eigenvalue weighted by Gasteiger charge is -2.27. The number of amides is 1. The van der Waals surface area contributed by atoms with Gasteiger partial charge >= 0.3 is 0 Å². The molecule has 0 spiro atoms. The van der Waals surface area contributed by atoms with Crippen molar-refractivity contribution < 1.29 is 10.0 Å². The van der Waals surface area contributed by atoms with Crippen LogP contribution in [0.4, 0.5) is 0 Å². The molecule has 1 rings (SSSR count). The summed E-state index contributed by atoms with van der Waals surface area (Å²) in [7, 11) is 0. The molecule has 16 heavy (non-hydrogen) atoms. The van der Waals surface area contributed by atoms with Crippen LogP contribution in [0.2, 0.25) is 0 Å². The Morgan fingerprint density at radius 1 is 1.56 bits per heavy atom. The Labute approximate surface area is 96.3 Å². The van der Waals surface area contributed by atoms with Gasteiger partial charge in [-0.2, -0.15) is 0 Å². The first-order valence-corrected chi connectivity index (χ1v) is 5.62. The van der Waals surface area contributed by atoms with Crippen molar-refractivity contribution in [2.75, 3.05) is 6.54 Å². The van der Waals surface area contributed by atoms with Crippen molar-refractivity contribution in [2.24, 2.45) is 16.3 Å². The van der Waals surface area contributed by atoms with Crippen LogP contribution in [0.3, 0.4) is 0 Å². The molecule has 92 valence electrons. The van der Waals surface area contributed by atoms with Crippen molar-refractivity contribution in [1.82, 2.24) is 4.90 Å². The number of rotatable bonds is 2. The number of carbonyl (C=O) groups excluding carboxylic acids is 1. The van der Waals surface area contributed by atoms with Gasteiger partial charge in [-0.1, -0.05) is 25.9 Å². The van der Waals surface area contributed by atoms with E-state index >= 15 is 0 Å². The average molecular weight is 227 g/mol. The van der Waals surface area contributed by atoms with Gasteiger partial charge in [0.15, 0.2) is 5.84 Å². The van der Waals surface area contributed by atoms with Crippen LogP contribution in [0.15, 0.2) is 5.16 Å². The minimum Gasteiger partial charge on any atom is -0.409 e. The highest BCUT2D eigenvalue weighted by Gasteiger charge is 2.33. The normalized spacial score (nSPS) is 22.6. The molecule has 5 nitrogen and oxygen atoms in total. The summed E-state index contributed by atoms with van der Waals surface area (Å²) in [5.41, 5.74) is 5.54. The van der Waals surface area contributed by atoms with Crippen LogP contribution in [0.5, 0.6) is 0 Å². The van der Waals surface area contributed by atoms with Crippen LogP contribution in [-0.2, 0) is 4.79 Å². The molecule has 5 heteroatoms. The van der Waals surface area contributed by atoms with Crippen molar-refractivity contribution in [3.8, 4) is 0 Å². The molecule has 0 radical (unpaired) electrons. The fourth-order valence-electron chi connectivity index (χ4n) is 1.99. The number of amidine groups is 1. The molecule has 0 aromatic carbocycles. The Balaban J connectivity index is 2.69. The van der Waals surface area contributed by atoms with Crippen molar-refractivity contribution in [1.29, 1.82) is 0 Å². The smallest absolute Gasteiger partial charge is 0.223 e. The SMILES string of the molecule is CC(C)(C)CC(=O)N1CCCC1C(N)=NO. The summed E-state index contributed by atoms with van der Waals surface area (Å²) in [6.07, 6.45) is 2.19. The van der Waals surface area contributed by atoms with Crippen LogP contribution >= 0.6 is 0 Å². The van der Waals surface area contributed by atoms with Gasteiger partial charge < -0.3 is 15.8 Å². The Kier molecular flexibility index (Phi) is 3.78. The first kappa shape index (κ1) is 12.8. The monoisotopic (exact) mass is 227 g/mol. The van der Waals surface area contributed by atoms with Crippen LogP contribution in [0.1, 0.15) is 40.0 Å². The van der Waals surface area contributed by atoms with Gasteiger partial charge in [-0.3, -0.25) is 4.79 Å². The zero-order valence-electron chi connectivity index (χ0n) is 10.2. The second-order valence-electron chi connectivity index (χ2n) is 5.51. The number of nitrogens with zero attached hydrogens (tertiary/aromatic N) is 2. The molecule has 1 heterocycles.